The molecule has 0 radical (unpaired) electrons. The smallest absolute Gasteiger partial charge is 0.142 e. The van der Waals surface area contributed by atoms with Crippen LogP contribution in [-0.4, -0.2) is 6.29 Å². The van der Waals surface area contributed by atoms with Crippen LogP contribution in [0.1, 0.15) is 12.8 Å². The van der Waals surface area contributed by atoms with Crippen molar-refractivity contribution >= 4 is 6.29 Å². The molecule has 1 fully saturated rings. The molecule has 0 aromatic carbocycles. The zero-order valence-corrected chi connectivity index (χ0v) is 4.13. The van der Waals surface area contributed by atoms with E-state index in [1.165, 1.54) is 12.8 Å². The van der Waals surface area contributed by atoms with Crippen LogP contribution >= 0.6 is 0 Å². The fraction of sp³-hybridized carbons (Fsp3) is 0.500. The van der Waals surface area contributed by atoms with Gasteiger partial charge in [0.05, 0.1) is 0 Å². The van der Waals surface area contributed by atoms with Gasteiger partial charge in [0.2, 0.25) is 0 Å². The van der Waals surface area contributed by atoms with Crippen LogP contribution < -0.4 is 0 Å². The summed E-state index contributed by atoms with van der Waals surface area (Å²) in [6.07, 6.45) is 6.94. The minimum absolute atomic E-state index is 0.741. The molecule has 0 amide bonds. The second-order valence-corrected chi connectivity index (χ2v) is 1.86. The summed E-state index contributed by atoms with van der Waals surface area (Å²) < 4.78 is 0. The maximum absolute atomic E-state index is 9.65. The molecule has 0 aromatic rings. The third kappa shape index (κ3) is 1.53. The molecule has 0 saturated heterocycles. The number of hydrogen-bond acceptors (Lipinski definition) is 1. The number of allylic oxidation sites excluding steroid dienone is 2. The summed E-state index contributed by atoms with van der Waals surface area (Å²) in [6.45, 7) is 0. The Kier molecular flexibility index (Phi) is 1.25. The van der Waals surface area contributed by atoms with Gasteiger partial charge in [-0.15, -0.1) is 0 Å². The second kappa shape index (κ2) is 1.92. The third-order valence-electron chi connectivity index (χ3n) is 1.08. The molecular weight excluding hydrogens is 88.1 g/mol. The van der Waals surface area contributed by atoms with E-state index in [1.54, 1.807) is 6.08 Å². The van der Waals surface area contributed by atoms with Gasteiger partial charge in [0.15, 0.2) is 0 Å². The van der Waals surface area contributed by atoms with Gasteiger partial charge < -0.3 is 0 Å². The quantitative estimate of drug-likeness (QED) is 0.372. The highest BCUT2D eigenvalue weighted by atomic mass is 16.1. The van der Waals surface area contributed by atoms with E-state index in [1.807, 2.05) is 6.08 Å². The predicted molar refractivity (Wildman–Crippen MR) is 27.9 cm³/mol. The third-order valence-corrected chi connectivity index (χ3v) is 1.08. The summed E-state index contributed by atoms with van der Waals surface area (Å²) in [7, 11) is 0. The largest absolute Gasteiger partial charge is 0.299 e. The molecule has 1 heteroatoms. The zero-order valence-electron chi connectivity index (χ0n) is 4.13. The Hall–Kier alpha value is -0.590. The Labute approximate surface area is 43.0 Å². The highest BCUT2D eigenvalue weighted by Crippen LogP contribution is 2.29. The lowest BCUT2D eigenvalue weighted by Crippen LogP contribution is -1.62. The molecule has 0 aliphatic heterocycles. The molecule has 0 unspecified atom stereocenters. The molecule has 1 aliphatic carbocycles. The van der Waals surface area contributed by atoms with E-state index < -0.39 is 0 Å². The first-order valence-electron chi connectivity index (χ1n) is 2.55. The van der Waals surface area contributed by atoms with Crippen molar-refractivity contribution in [3.63, 3.8) is 0 Å². The van der Waals surface area contributed by atoms with Crippen LogP contribution in [0.15, 0.2) is 12.2 Å². The molecule has 0 heterocycles. The molecule has 0 atom stereocenters. The fourth-order valence-electron chi connectivity index (χ4n) is 0.491. The highest BCUT2D eigenvalue weighted by molar-refractivity contribution is 5.64. The van der Waals surface area contributed by atoms with Crippen molar-refractivity contribution in [1.29, 1.82) is 0 Å². The van der Waals surface area contributed by atoms with Crippen molar-refractivity contribution in [3.8, 4) is 0 Å². The van der Waals surface area contributed by atoms with Gasteiger partial charge in [-0.2, -0.15) is 0 Å². The average Bonchev–Trinajstić information content (AvgIpc) is 2.42. The molecule has 7 heavy (non-hydrogen) atoms. The van der Waals surface area contributed by atoms with Crippen LogP contribution in [0.4, 0.5) is 0 Å². The standard InChI is InChI=1S/C6H8O/c7-5-1-2-6-3-4-6/h1-2,5-6H,3-4H2/b2-1-. The average molecular weight is 96.1 g/mol. The lowest BCUT2D eigenvalue weighted by Gasteiger charge is -1.69. The van der Waals surface area contributed by atoms with E-state index in [0.717, 1.165) is 12.2 Å². The molecule has 1 nitrogen and oxygen atoms in total. The Morgan fingerprint density at radius 3 is 2.57 bits per heavy atom. The van der Waals surface area contributed by atoms with Crippen molar-refractivity contribution in [2.75, 3.05) is 0 Å². The van der Waals surface area contributed by atoms with Gasteiger partial charge in [-0.05, 0) is 24.8 Å². The van der Waals surface area contributed by atoms with Crippen LogP contribution in [0.2, 0.25) is 0 Å². The molecule has 0 bridgehead atoms. The van der Waals surface area contributed by atoms with E-state index in [0.29, 0.717) is 0 Å². The molecular formula is C6H8O. The minimum atomic E-state index is 0.741. The van der Waals surface area contributed by atoms with E-state index in [-0.39, 0.29) is 0 Å². The van der Waals surface area contributed by atoms with Gasteiger partial charge in [-0.25, -0.2) is 0 Å². The Bertz CT molecular complexity index is 90.4. The SMILES string of the molecule is O=C/C=C\C1CC1. The number of carbonyl (C=O) groups excluding carboxylic acids is 1. The maximum Gasteiger partial charge on any atom is 0.142 e. The van der Waals surface area contributed by atoms with E-state index in [2.05, 4.69) is 0 Å². The Morgan fingerprint density at radius 1 is 1.43 bits per heavy atom. The maximum atomic E-state index is 9.65. The van der Waals surface area contributed by atoms with E-state index in [4.69, 9.17) is 0 Å². The number of carbonyl (C=O) groups is 1. The summed E-state index contributed by atoms with van der Waals surface area (Å²) in [5.74, 6) is 0.741. The van der Waals surface area contributed by atoms with Crippen LogP contribution in [0, 0.1) is 5.92 Å². The lowest BCUT2D eigenvalue weighted by molar-refractivity contribution is -0.104. The Morgan fingerprint density at radius 2 is 2.14 bits per heavy atom. The fourth-order valence-corrected chi connectivity index (χ4v) is 0.491. The molecule has 38 valence electrons. The monoisotopic (exact) mass is 96.1 g/mol. The topological polar surface area (TPSA) is 17.1 Å². The van der Waals surface area contributed by atoms with Gasteiger partial charge in [0, 0.05) is 0 Å². The van der Waals surface area contributed by atoms with Crippen molar-refractivity contribution in [1.82, 2.24) is 0 Å². The number of aldehydes is 1. The highest BCUT2D eigenvalue weighted by Gasteiger charge is 2.16. The van der Waals surface area contributed by atoms with Crippen molar-refractivity contribution in [2.24, 2.45) is 5.92 Å². The Balaban J connectivity index is 2.17. The molecule has 0 spiro atoms. The minimum Gasteiger partial charge on any atom is -0.299 e. The molecule has 1 saturated carbocycles. The van der Waals surface area contributed by atoms with Gasteiger partial charge in [-0.1, -0.05) is 6.08 Å². The first-order valence-corrected chi connectivity index (χ1v) is 2.55. The van der Waals surface area contributed by atoms with Gasteiger partial charge in [0.1, 0.15) is 6.29 Å². The molecule has 1 rings (SSSR count). The summed E-state index contributed by atoms with van der Waals surface area (Å²) in [5.41, 5.74) is 0. The predicted octanol–water partition coefficient (Wildman–Crippen LogP) is 1.15. The number of hydrogen-bond donors (Lipinski definition) is 0. The van der Waals surface area contributed by atoms with Crippen LogP contribution in [0.25, 0.3) is 0 Å². The second-order valence-electron chi connectivity index (χ2n) is 1.86. The first kappa shape index (κ1) is 4.57. The molecule has 0 aromatic heterocycles. The summed E-state index contributed by atoms with van der Waals surface area (Å²) in [5, 5.41) is 0. The first-order chi connectivity index (χ1) is 3.43. The van der Waals surface area contributed by atoms with Gasteiger partial charge >= 0.3 is 0 Å². The summed E-state index contributed by atoms with van der Waals surface area (Å²) in [6, 6.07) is 0. The zero-order chi connectivity index (χ0) is 5.11. The molecule has 1 aliphatic rings. The van der Waals surface area contributed by atoms with Crippen LogP contribution in [0.5, 0.6) is 0 Å². The summed E-state index contributed by atoms with van der Waals surface area (Å²) in [4.78, 5) is 9.65. The van der Waals surface area contributed by atoms with Crippen LogP contribution in [-0.2, 0) is 4.79 Å². The van der Waals surface area contributed by atoms with Gasteiger partial charge in [0.25, 0.3) is 0 Å². The van der Waals surface area contributed by atoms with Crippen molar-refractivity contribution in [3.05, 3.63) is 12.2 Å². The lowest BCUT2D eigenvalue weighted by atomic mass is 10.4. The van der Waals surface area contributed by atoms with Crippen molar-refractivity contribution < 1.29 is 4.79 Å². The van der Waals surface area contributed by atoms with Crippen molar-refractivity contribution in [2.45, 2.75) is 12.8 Å². The number of rotatable bonds is 2. The van der Waals surface area contributed by atoms with E-state index in [9.17, 15) is 4.79 Å². The normalized spacial score (nSPS) is 20.6. The summed E-state index contributed by atoms with van der Waals surface area (Å²) >= 11 is 0. The van der Waals surface area contributed by atoms with Crippen LogP contribution in [0.3, 0.4) is 0 Å². The van der Waals surface area contributed by atoms with E-state index >= 15 is 0 Å². The van der Waals surface area contributed by atoms with Gasteiger partial charge in [-0.3, -0.25) is 4.79 Å². The molecule has 0 N–H and O–H groups in total.